The van der Waals surface area contributed by atoms with Gasteiger partial charge in [0.25, 0.3) is 0 Å². The normalized spacial score (nSPS) is 18.9. The van der Waals surface area contributed by atoms with Crippen LogP contribution in [-0.2, 0) is 0 Å². The molecule has 2 rings (SSSR count). The predicted octanol–water partition coefficient (Wildman–Crippen LogP) is 4.31. The molecule has 0 aliphatic heterocycles. The SMILES string of the molecule is CCCCC(C)NC(c1ccccc1)C1CC1. The molecule has 0 saturated heterocycles. The van der Waals surface area contributed by atoms with E-state index < -0.39 is 0 Å². The van der Waals surface area contributed by atoms with Gasteiger partial charge in [-0.05, 0) is 37.7 Å². The van der Waals surface area contributed by atoms with Gasteiger partial charge in [0.15, 0.2) is 0 Å². The summed E-state index contributed by atoms with van der Waals surface area (Å²) in [7, 11) is 0. The molecule has 1 aliphatic carbocycles. The monoisotopic (exact) mass is 231 g/mol. The minimum Gasteiger partial charge on any atom is -0.307 e. The van der Waals surface area contributed by atoms with Crippen molar-refractivity contribution in [1.82, 2.24) is 5.32 Å². The van der Waals surface area contributed by atoms with Gasteiger partial charge in [-0.1, -0.05) is 50.1 Å². The lowest BCUT2D eigenvalue weighted by Gasteiger charge is -2.23. The van der Waals surface area contributed by atoms with Gasteiger partial charge in [-0.2, -0.15) is 0 Å². The van der Waals surface area contributed by atoms with E-state index in [2.05, 4.69) is 49.5 Å². The molecule has 2 unspecified atom stereocenters. The third-order valence-corrected chi connectivity index (χ3v) is 3.71. The van der Waals surface area contributed by atoms with E-state index in [0.29, 0.717) is 12.1 Å². The van der Waals surface area contributed by atoms with Crippen molar-refractivity contribution in [2.24, 2.45) is 5.92 Å². The Labute approximate surface area is 106 Å². The van der Waals surface area contributed by atoms with E-state index in [9.17, 15) is 0 Å². The molecular formula is C16H25N. The molecule has 17 heavy (non-hydrogen) atoms. The van der Waals surface area contributed by atoms with E-state index in [0.717, 1.165) is 5.92 Å². The fourth-order valence-electron chi connectivity index (χ4n) is 2.49. The standard InChI is InChI=1S/C16H25N/c1-3-4-8-13(2)17-16(15-11-12-15)14-9-6-5-7-10-14/h5-7,9-10,13,15-17H,3-4,8,11-12H2,1-2H3. The second kappa shape index (κ2) is 6.20. The lowest BCUT2D eigenvalue weighted by molar-refractivity contribution is 0.397. The Morgan fingerprint density at radius 2 is 1.94 bits per heavy atom. The first-order valence-corrected chi connectivity index (χ1v) is 7.12. The Morgan fingerprint density at radius 1 is 1.24 bits per heavy atom. The number of benzene rings is 1. The van der Waals surface area contributed by atoms with Crippen LogP contribution in [0.4, 0.5) is 0 Å². The quantitative estimate of drug-likeness (QED) is 0.737. The van der Waals surface area contributed by atoms with E-state index in [-0.39, 0.29) is 0 Å². The van der Waals surface area contributed by atoms with Crippen LogP contribution >= 0.6 is 0 Å². The van der Waals surface area contributed by atoms with Gasteiger partial charge < -0.3 is 5.32 Å². The van der Waals surface area contributed by atoms with Crippen LogP contribution in [-0.4, -0.2) is 6.04 Å². The van der Waals surface area contributed by atoms with Gasteiger partial charge in [0, 0.05) is 12.1 Å². The van der Waals surface area contributed by atoms with Crippen LogP contribution in [0.1, 0.15) is 57.6 Å². The Morgan fingerprint density at radius 3 is 2.53 bits per heavy atom. The summed E-state index contributed by atoms with van der Waals surface area (Å²) >= 11 is 0. The van der Waals surface area contributed by atoms with Crippen molar-refractivity contribution < 1.29 is 0 Å². The molecule has 1 fully saturated rings. The van der Waals surface area contributed by atoms with Gasteiger partial charge in [0.2, 0.25) is 0 Å². The molecule has 0 radical (unpaired) electrons. The molecule has 0 aromatic heterocycles. The summed E-state index contributed by atoms with van der Waals surface area (Å²) in [4.78, 5) is 0. The summed E-state index contributed by atoms with van der Waals surface area (Å²) in [5.74, 6) is 0.876. The van der Waals surface area contributed by atoms with Gasteiger partial charge in [-0.3, -0.25) is 0 Å². The topological polar surface area (TPSA) is 12.0 Å². The molecule has 1 nitrogen and oxygen atoms in total. The summed E-state index contributed by atoms with van der Waals surface area (Å²) in [6.07, 6.45) is 6.72. The Kier molecular flexibility index (Phi) is 4.61. The molecule has 0 bridgehead atoms. The van der Waals surface area contributed by atoms with Crippen molar-refractivity contribution in [3.63, 3.8) is 0 Å². The van der Waals surface area contributed by atoms with Crippen molar-refractivity contribution >= 4 is 0 Å². The van der Waals surface area contributed by atoms with E-state index in [4.69, 9.17) is 0 Å². The first kappa shape index (κ1) is 12.6. The van der Waals surface area contributed by atoms with Gasteiger partial charge in [-0.15, -0.1) is 0 Å². The zero-order chi connectivity index (χ0) is 12.1. The highest BCUT2D eigenvalue weighted by atomic mass is 15.0. The highest BCUT2D eigenvalue weighted by Crippen LogP contribution is 2.41. The number of nitrogens with one attached hydrogen (secondary N) is 1. The van der Waals surface area contributed by atoms with Crippen molar-refractivity contribution in [3.05, 3.63) is 35.9 Å². The lowest BCUT2D eigenvalue weighted by Crippen LogP contribution is -2.31. The summed E-state index contributed by atoms with van der Waals surface area (Å²) in [5.41, 5.74) is 1.47. The Bertz CT molecular complexity index is 316. The van der Waals surface area contributed by atoms with Crippen LogP contribution in [0.2, 0.25) is 0 Å². The minimum atomic E-state index is 0.586. The fraction of sp³-hybridized carbons (Fsp3) is 0.625. The average Bonchev–Trinajstić information content (AvgIpc) is 3.19. The number of hydrogen-bond donors (Lipinski definition) is 1. The molecule has 1 saturated carbocycles. The second-order valence-electron chi connectivity index (χ2n) is 5.44. The predicted molar refractivity (Wildman–Crippen MR) is 74.0 cm³/mol. The van der Waals surface area contributed by atoms with E-state index in [1.54, 1.807) is 0 Å². The number of rotatable bonds is 7. The third-order valence-electron chi connectivity index (χ3n) is 3.71. The van der Waals surface area contributed by atoms with Crippen molar-refractivity contribution in [3.8, 4) is 0 Å². The van der Waals surface area contributed by atoms with Crippen LogP contribution in [0.25, 0.3) is 0 Å². The molecule has 0 amide bonds. The summed E-state index contributed by atoms with van der Waals surface area (Å²) in [5, 5.41) is 3.83. The minimum absolute atomic E-state index is 0.586. The molecule has 2 atom stereocenters. The lowest BCUT2D eigenvalue weighted by atomic mass is 10.0. The first-order chi connectivity index (χ1) is 8.31. The zero-order valence-corrected chi connectivity index (χ0v) is 11.2. The van der Waals surface area contributed by atoms with Gasteiger partial charge >= 0.3 is 0 Å². The van der Waals surface area contributed by atoms with E-state index in [1.165, 1.54) is 37.7 Å². The van der Waals surface area contributed by atoms with E-state index >= 15 is 0 Å². The first-order valence-electron chi connectivity index (χ1n) is 7.12. The summed E-state index contributed by atoms with van der Waals surface area (Å²) < 4.78 is 0. The molecule has 1 heteroatoms. The molecular weight excluding hydrogens is 206 g/mol. The van der Waals surface area contributed by atoms with E-state index in [1.807, 2.05) is 0 Å². The second-order valence-corrected chi connectivity index (χ2v) is 5.44. The zero-order valence-electron chi connectivity index (χ0n) is 11.2. The Hall–Kier alpha value is -0.820. The molecule has 1 aromatic rings. The molecule has 94 valence electrons. The van der Waals surface area contributed by atoms with Crippen LogP contribution in [0.3, 0.4) is 0 Å². The fourth-order valence-corrected chi connectivity index (χ4v) is 2.49. The van der Waals surface area contributed by atoms with Crippen molar-refractivity contribution in [2.45, 2.75) is 58.0 Å². The van der Waals surface area contributed by atoms with Gasteiger partial charge in [0.05, 0.1) is 0 Å². The number of unbranched alkanes of at least 4 members (excludes halogenated alkanes) is 1. The third kappa shape index (κ3) is 3.85. The molecule has 1 N–H and O–H groups in total. The van der Waals surface area contributed by atoms with Gasteiger partial charge in [-0.25, -0.2) is 0 Å². The maximum absolute atomic E-state index is 3.83. The summed E-state index contributed by atoms with van der Waals surface area (Å²) in [6, 6.07) is 12.2. The van der Waals surface area contributed by atoms with Crippen LogP contribution < -0.4 is 5.32 Å². The highest BCUT2D eigenvalue weighted by molar-refractivity contribution is 5.21. The van der Waals surface area contributed by atoms with Crippen molar-refractivity contribution in [2.75, 3.05) is 0 Å². The number of hydrogen-bond acceptors (Lipinski definition) is 1. The molecule has 1 aromatic carbocycles. The van der Waals surface area contributed by atoms with Crippen molar-refractivity contribution in [1.29, 1.82) is 0 Å². The maximum atomic E-state index is 3.83. The average molecular weight is 231 g/mol. The van der Waals surface area contributed by atoms with Crippen LogP contribution in [0, 0.1) is 5.92 Å². The smallest absolute Gasteiger partial charge is 0.0350 e. The maximum Gasteiger partial charge on any atom is 0.0350 e. The highest BCUT2D eigenvalue weighted by Gasteiger charge is 2.32. The van der Waals surface area contributed by atoms with Crippen LogP contribution in [0.15, 0.2) is 30.3 Å². The van der Waals surface area contributed by atoms with Crippen LogP contribution in [0.5, 0.6) is 0 Å². The summed E-state index contributed by atoms with van der Waals surface area (Å²) in [6.45, 7) is 4.59. The Balaban J connectivity index is 1.94. The molecule has 0 spiro atoms. The van der Waals surface area contributed by atoms with Gasteiger partial charge in [0.1, 0.15) is 0 Å². The largest absolute Gasteiger partial charge is 0.307 e. The molecule has 0 heterocycles. The molecule has 1 aliphatic rings.